The van der Waals surface area contributed by atoms with Gasteiger partial charge < -0.3 is 4.42 Å². The van der Waals surface area contributed by atoms with Crippen LogP contribution < -0.4 is 0 Å². The molecule has 4 aromatic rings. The van der Waals surface area contributed by atoms with E-state index in [0.29, 0.717) is 6.54 Å². The van der Waals surface area contributed by atoms with E-state index in [2.05, 4.69) is 43.2 Å². The number of nitrogens with zero attached hydrogens (tertiary/aromatic N) is 5. The van der Waals surface area contributed by atoms with Gasteiger partial charge in [0.05, 0.1) is 12.8 Å². The summed E-state index contributed by atoms with van der Waals surface area (Å²) in [6.07, 6.45) is 1.67. The first-order valence-corrected chi connectivity index (χ1v) is 9.29. The van der Waals surface area contributed by atoms with Crippen molar-refractivity contribution in [1.29, 1.82) is 0 Å². The SMILES string of the molecule is Cc1nsc(Sc2nnc(-c3ccccc3C)n2Cc2ccco2)n1. The molecule has 6 nitrogen and oxygen atoms in total. The first kappa shape index (κ1) is 16.0. The number of hydrogen-bond donors (Lipinski definition) is 0. The van der Waals surface area contributed by atoms with Crippen LogP contribution >= 0.6 is 23.3 Å². The summed E-state index contributed by atoms with van der Waals surface area (Å²) in [6, 6.07) is 12.0. The zero-order valence-corrected chi connectivity index (χ0v) is 15.3. The average molecular weight is 369 g/mol. The van der Waals surface area contributed by atoms with Crippen LogP contribution in [0.2, 0.25) is 0 Å². The molecular formula is C17H15N5OS2. The summed E-state index contributed by atoms with van der Waals surface area (Å²) in [4.78, 5) is 4.41. The fraction of sp³-hybridized carbons (Fsp3) is 0.176. The van der Waals surface area contributed by atoms with E-state index in [1.54, 1.807) is 6.26 Å². The zero-order chi connectivity index (χ0) is 17.2. The Labute approximate surface area is 153 Å². The molecule has 0 atom stereocenters. The quantitative estimate of drug-likeness (QED) is 0.525. The van der Waals surface area contributed by atoms with E-state index < -0.39 is 0 Å². The van der Waals surface area contributed by atoms with Crippen molar-refractivity contribution >= 4 is 23.3 Å². The third kappa shape index (κ3) is 3.35. The van der Waals surface area contributed by atoms with Crippen molar-refractivity contribution in [2.75, 3.05) is 0 Å². The van der Waals surface area contributed by atoms with Crippen molar-refractivity contribution in [2.45, 2.75) is 29.9 Å². The highest BCUT2D eigenvalue weighted by molar-refractivity contribution is 8.00. The van der Waals surface area contributed by atoms with Gasteiger partial charge in [0.25, 0.3) is 0 Å². The van der Waals surface area contributed by atoms with E-state index in [-0.39, 0.29) is 0 Å². The fourth-order valence-electron chi connectivity index (χ4n) is 2.49. The average Bonchev–Trinajstić information content (AvgIpc) is 3.33. The van der Waals surface area contributed by atoms with Crippen LogP contribution in [0.3, 0.4) is 0 Å². The Bertz CT molecular complexity index is 990. The van der Waals surface area contributed by atoms with Crippen LogP contribution in [0, 0.1) is 13.8 Å². The highest BCUT2D eigenvalue weighted by atomic mass is 32.2. The lowest BCUT2D eigenvalue weighted by Crippen LogP contribution is -2.04. The van der Waals surface area contributed by atoms with Gasteiger partial charge in [0.2, 0.25) is 0 Å². The van der Waals surface area contributed by atoms with Crippen LogP contribution in [-0.2, 0) is 6.54 Å². The molecule has 126 valence electrons. The topological polar surface area (TPSA) is 69.6 Å². The highest BCUT2D eigenvalue weighted by Crippen LogP contribution is 2.32. The van der Waals surface area contributed by atoms with Gasteiger partial charge in [-0.15, -0.1) is 10.2 Å². The molecule has 0 aliphatic heterocycles. The highest BCUT2D eigenvalue weighted by Gasteiger charge is 2.18. The molecule has 3 heterocycles. The Morgan fingerprint density at radius 2 is 2.00 bits per heavy atom. The lowest BCUT2D eigenvalue weighted by molar-refractivity contribution is 0.485. The largest absolute Gasteiger partial charge is 0.467 e. The second-order valence-electron chi connectivity index (χ2n) is 5.50. The first-order valence-electron chi connectivity index (χ1n) is 7.70. The monoisotopic (exact) mass is 369 g/mol. The van der Waals surface area contributed by atoms with E-state index >= 15 is 0 Å². The van der Waals surface area contributed by atoms with Gasteiger partial charge >= 0.3 is 0 Å². The minimum atomic E-state index is 0.559. The van der Waals surface area contributed by atoms with Gasteiger partial charge in [-0.3, -0.25) is 4.57 Å². The van der Waals surface area contributed by atoms with Crippen LogP contribution in [0.15, 0.2) is 56.6 Å². The smallest absolute Gasteiger partial charge is 0.199 e. The van der Waals surface area contributed by atoms with Gasteiger partial charge in [0.1, 0.15) is 11.6 Å². The molecule has 0 amide bonds. The van der Waals surface area contributed by atoms with Crippen molar-refractivity contribution in [2.24, 2.45) is 0 Å². The third-order valence-electron chi connectivity index (χ3n) is 3.68. The summed E-state index contributed by atoms with van der Waals surface area (Å²) in [7, 11) is 0. The van der Waals surface area contributed by atoms with Gasteiger partial charge in [-0.2, -0.15) is 4.37 Å². The molecule has 0 saturated carbocycles. The Hall–Kier alpha value is -2.45. The van der Waals surface area contributed by atoms with Gasteiger partial charge in [-0.25, -0.2) is 4.98 Å². The van der Waals surface area contributed by atoms with Crippen molar-refractivity contribution in [3.05, 3.63) is 59.8 Å². The number of aromatic nitrogens is 5. The van der Waals surface area contributed by atoms with E-state index in [0.717, 1.165) is 38.0 Å². The molecule has 0 radical (unpaired) electrons. The molecule has 0 N–H and O–H groups in total. The summed E-state index contributed by atoms with van der Waals surface area (Å²) in [5, 5.41) is 9.60. The van der Waals surface area contributed by atoms with Gasteiger partial charge in [-0.1, -0.05) is 24.3 Å². The van der Waals surface area contributed by atoms with E-state index in [1.165, 1.54) is 23.3 Å². The maximum absolute atomic E-state index is 5.53. The van der Waals surface area contributed by atoms with Gasteiger partial charge in [0, 0.05) is 5.56 Å². The number of benzene rings is 1. The van der Waals surface area contributed by atoms with Crippen LogP contribution in [0.25, 0.3) is 11.4 Å². The summed E-state index contributed by atoms with van der Waals surface area (Å²) in [6.45, 7) is 4.51. The second-order valence-corrected chi connectivity index (χ2v) is 7.46. The molecule has 0 spiro atoms. The molecule has 4 rings (SSSR count). The maximum atomic E-state index is 5.53. The number of rotatable bonds is 5. The van der Waals surface area contributed by atoms with E-state index in [1.807, 2.05) is 31.2 Å². The van der Waals surface area contributed by atoms with E-state index in [9.17, 15) is 0 Å². The Morgan fingerprint density at radius 3 is 2.72 bits per heavy atom. The predicted molar refractivity (Wildman–Crippen MR) is 96.8 cm³/mol. The summed E-state index contributed by atoms with van der Waals surface area (Å²) >= 11 is 2.84. The fourth-order valence-corrected chi connectivity index (χ4v) is 4.07. The first-order chi connectivity index (χ1) is 12.2. The van der Waals surface area contributed by atoms with Gasteiger partial charge in [0.15, 0.2) is 15.3 Å². The Kier molecular flexibility index (Phi) is 4.37. The molecule has 0 fully saturated rings. The van der Waals surface area contributed by atoms with Crippen LogP contribution in [0.5, 0.6) is 0 Å². The third-order valence-corrected chi connectivity index (χ3v) is 5.51. The molecule has 0 bridgehead atoms. The number of furan rings is 1. The molecule has 25 heavy (non-hydrogen) atoms. The minimum absolute atomic E-state index is 0.559. The van der Waals surface area contributed by atoms with E-state index in [4.69, 9.17) is 4.42 Å². The zero-order valence-electron chi connectivity index (χ0n) is 13.7. The van der Waals surface area contributed by atoms with Gasteiger partial charge in [-0.05, 0) is 54.8 Å². The molecule has 1 aromatic carbocycles. The summed E-state index contributed by atoms with van der Waals surface area (Å²) < 4.78 is 12.7. The summed E-state index contributed by atoms with van der Waals surface area (Å²) in [5.41, 5.74) is 2.21. The molecule has 0 unspecified atom stereocenters. The standard InChI is InChI=1S/C17H15N5OS2/c1-11-6-3-4-8-14(11)15-19-20-16(24-17-18-12(2)21-25-17)22(15)10-13-7-5-9-23-13/h3-9H,10H2,1-2H3. The van der Waals surface area contributed by atoms with Crippen molar-refractivity contribution in [1.82, 2.24) is 24.1 Å². The predicted octanol–water partition coefficient (Wildman–Crippen LogP) is 4.21. The molecule has 8 heteroatoms. The molecule has 0 aliphatic rings. The Morgan fingerprint density at radius 1 is 1.12 bits per heavy atom. The number of hydrogen-bond acceptors (Lipinski definition) is 7. The lowest BCUT2D eigenvalue weighted by Gasteiger charge is -2.09. The van der Waals surface area contributed by atoms with Crippen molar-refractivity contribution < 1.29 is 4.42 Å². The van der Waals surface area contributed by atoms with Crippen LogP contribution in [0.1, 0.15) is 17.1 Å². The Balaban J connectivity index is 1.77. The summed E-state index contributed by atoms with van der Waals surface area (Å²) in [5.74, 6) is 2.44. The molecule has 0 saturated heterocycles. The van der Waals surface area contributed by atoms with Crippen molar-refractivity contribution in [3.63, 3.8) is 0 Å². The minimum Gasteiger partial charge on any atom is -0.467 e. The van der Waals surface area contributed by atoms with Crippen molar-refractivity contribution in [3.8, 4) is 11.4 Å². The molecular weight excluding hydrogens is 354 g/mol. The molecule has 3 aromatic heterocycles. The maximum Gasteiger partial charge on any atom is 0.199 e. The molecule has 0 aliphatic carbocycles. The van der Waals surface area contributed by atoms with Crippen LogP contribution in [-0.4, -0.2) is 24.1 Å². The second kappa shape index (κ2) is 6.81. The number of aryl methyl sites for hydroxylation is 2. The normalized spacial score (nSPS) is 11.1. The van der Waals surface area contributed by atoms with Crippen LogP contribution in [0.4, 0.5) is 0 Å². The lowest BCUT2D eigenvalue weighted by atomic mass is 10.1.